The molecule has 0 spiro atoms. The number of ether oxygens (including phenoxy) is 1. The summed E-state index contributed by atoms with van der Waals surface area (Å²) in [6.45, 7) is 4.74. The van der Waals surface area contributed by atoms with Gasteiger partial charge in [0.05, 0.1) is 29.1 Å². The Morgan fingerprint density at radius 2 is 1.70 bits per heavy atom. The molecule has 166 valence electrons. The van der Waals surface area contributed by atoms with Gasteiger partial charge in [-0.1, -0.05) is 11.6 Å². The Kier molecular flexibility index (Phi) is 5.62. The van der Waals surface area contributed by atoms with Crippen LogP contribution in [0.25, 0.3) is 22.1 Å². The van der Waals surface area contributed by atoms with Gasteiger partial charge in [-0.25, -0.2) is 19.9 Å². The van der Waals surface area contributed by atoms with Crippen LogP contribution in [0.15, 0.2) is 54.3 Å². The van der Waals surface area contributed by atoms with Crippen molar-refractivity contribution in [2.45, 2.75) is 26.5 Å². The second-order valence-corrected chi connectivity index (χ2v) is 8.03. The monoisotopic (exact) mass is 460 g/mol. The molecule has 1 aromatic carbocycles. The molecule has 0 unspecified atom stereocenters. The minimum absolute atomic E-state index is 0.0913. The van der Waals surface area contributed by atoms with Crippen LogP contribution in [0.1, 0.15) is 25.0 Å². The second kappa shape index (κ2) is 8.87. The Balaban J connectivity index is 0.000000190. The third kappa shape index (κ3) is 4.35. The highest BCUT2D eigenvalue weighted by atomic mass is 35.5. The van der Waals surface area contributed by atoms with E-state index < -0.39 is 0 Å². The minimum Gasteiger partial charge on any atom is -0.489 e. The third-order valence-electron chi connectivity index (χ3n) is 5.01. The highest BCUT2D eigenvalue weighted by molar-refractivity contribution is 6.33. The number of anilines is 2. The van der Waals surface area contributed by atoms with Gasteiger partial charge in [-0.3, -0.25) is 4.99 Å². The van der Waals surface area contributed by atoms with Crippen LogP contribution in [0.5, 0.6) is 5.75 Å². The number of aliphatic imine (C=N–C) groups is 1. The molecule has 6 rings (SSSR count). The van der Waals surface area contributed by atoms with Gasteiger partial charge in [0.15, 0.2) is 0 Å². The predicted molar refractivity (Wildman–Crippen MR) is 130 cm³/mol. The quantitative estimate of drug-likeness (QED) is 0.324. The molecule has 0 saturated carbocycles. The lowest BCUT2D eigenvalue weighted by Gasteiger charge is -2.17. The molecule has 1 aliphatic heterocycles. The van der Waals surface area contributed by atoms with E-state index in [9.17, 15) is 0 Å². The lowest BCUT2D eigenvalue weighted by molar-refractivity contribution is 0.243. The average molecular weight is 461 g/mol. The van der Waals surface area contributed by atoms with Gasteiger partial charge in [0.1, 0.15) is 40.7 Å². The van der Waals surface area contributed by atoms with Gasteiger partial charge in [-0.05, 0) is 49.2 Å². The number of nitrogens with one attached hydrogen (secondary N) is 3. The van der Waals surface area contributed by atoms with Crippen LogP contribution in [0.4, 0.5) is 11.5 Å². The molecule has 9 nitrogen and oxygen atoms in total. The van der Waals surface area contributed by atoms with E-state index >= 15 is 0 Å². The van der Waals surface area contributed by atoms with Crippen LogP contribution in [0.2, 0.25) is 5.15 Å². The number of halogens is 1. The third-order valence-corrected chi connectivity index (χ3v) is 5.31. The van der Waals surface area contributed by atoms with Crippen molar-refractivity contribution in [1.82, 2.24) is 29.9 Å². The van der Waals surface area contributed by atoms with Gasteiger partial charge in [0.25, 0.3) is 0 Å². The van der Waals surface area contributed by atoms with E-state index in [1.807, 2.05) is 38.4 Å². The molecule has 5 heterocycles. The predicted octanol–water partition coefficient (Wildman–Crippen LogP) is 5.03. The van der Waals surface area contributed by atoms with Crippen LogP contribution >= 0.6 is 11.6 Å². The van der Waals surface area contributed by atoms with Crippen molar-refractivity contribution in [2.75, 3.05) is 5.32 Å². The van der Waals surface area contributed by atoms with E-state index in [1.165, 1.54) is 11.9 Å². The Morgan fingerprint density at radius 3 is 2.45 bits per heavy atom. The Bertz CT molecular complexity index is 1460. The van der Waals surface area contributed by atoms with Crippen molar-refractivity contribution in [1.29, 1.82) is 0 Å². The smallest absolute Gasteiger partial charge is 0.143 e. The number of aromatic nitrogens is 6. The number of fused-ring (bicyclic) bond motifs is 3. The summed E-state index contributed by atoms with van der Waals surface area (Å²) >= 11 is 5.73. The van der Waals surface area contributed by atoms with Crippen molar-refractivity contribution in [2.24, 2.45) is 4.99 Å². The van der Waals surface area contributed by atoms with Crippen molar-refractivity contribution in [3.05, 3.63) is 65.6 Å². The van der Waals surface area contributed by atoms with E-state index in [-0.39, 0.29) is 6.10 Å². The van der Waals surface area contributed by atoms with Crippen LogP contribution in [0, 0.1) is 0 Å². The Morgan fingerprint density at radius 1 is 0.970 bits per heavy atom. The number of rotatable bonds is 4. The normalized spacial score (nSPS) is 12.1. The fraction of sp³-hybridized carbons (Fsp3) is 0.174. The summed E-state index contributed by atoms with van der Waals surface area (Å²) in [6.07, 6.45) is 8.59. The zero-order valence-corrected chi connectivity index (χ0v) is 18.8. The number of nitrogens with zero attached hydrogens (tertiary/aromatic N) is 5. The van der Waals surface area contributed by atoms with Crippen LogP contribution < -0.4 is 10.1 Å². The number of H-pyrrole nitrogens is 2. The first-order valence-electron chi connectivity index (χ1n) is 10.4. The van der Waals surface area contributed by atoms with E-state index in [4.69, 9.17) is 16.3 Å². The molecule has 4 aromatic heterocycles. The summed E-state index contributed by atoms with van der Waals surface area (Å²) in [6, 6.07) is 7.91. The SMILES string of the molecule is CC(C)Oc1cc2c(cc1Nc1ncnc3[nH]ccc13)C=NC2.Clc1ncnc2[nH]ccc12. The highest BCUT2D eigenvalue weighted by Crippen LogP contribution is 2.34. The topological polar surface area (TPSA) is 117 Å². The summed E-state index contributed by atoms with van der Waals surface area (Å²) < 4.78 is 5.97. The van der Waals surface area contributed by atoms with Crippen LogP contribution in [-0.4, -0.2) is 42.2 Å². The lowest BCUT2D eigenvalue weighted by atomic mass is 10.1. The first-order chi connectivity index (χ1) is 16.1. The number of hydrogen-bond donors (Lipinski definition) is 3. The van der Waals surface area contributed by atoms with E-state index in [2.05, 4.69) is 52.3 Å². The molecular formula is C23H21ClN8O. The standard InChI is InChI=1S/C17H17N5O.C6H4ClN3/c1-10(2)23-15-6-12-8-18-7-11(12)5-14(15)22-17-13-3-4-19-16(13)20-9-21-17;7-5-4-1-2-8-6(4)10-3-9-5/h3-7,9-10H,8H2,1-2H3,(H2,19,20,21,22);1-3H,(H,8,9,10). The van der Waals surface area contributed by atoms with Gasteiger partial charge in [0.2, 0.25) is 0 Å². The second-order valence-electron chi connectivity index (χ2n) is 7.68. The average Bonchev–Trinajstić information content (AvgIpc) is 3.55. The Labute approximate surface area is 194 Å². The molecule has 10 heteroatoms. The van der Waals surface area contributed by atoms with Crippen molar-refractivity contribution in [3.63, 3.8) is 0 Å². The van der Waals surface area contributed by atoms with Gasteiger partial charge in [0, 0.05) is 18.6 Å². The van der Waals surface area contributed by atoms with E-state index in [1.54, 1.807) is 12.5 Å². The van der Waals surface area contributed by atoms with Gasteiger partial charge in [-0.2, -0.15) is 0 Å². The zero-order chi connectivity index (χ0) is 22.8. The molecule has 33 heavy (non-hydrogen) atoms. The molecule has 0 radical (unpaired) electrons. The van der Waals surface area contributed by atoms with Crippen LogP contribution in [0.3, 0.4) is 0 Å². The minimum atomic E-state index is 0.0913. The summed E-state index contributed by atoms with van der Waals surface area (Å²) in [7, 11) is 0. The maximum absolute atomic E-state index is 5.97. The fourth-order valence-electron chi connectivity index (χ4n) is 3.53. The number of benzene rings is 1. The first-order valence-corrected chi connectivity index (χ1v) is 10.8. The van der Waals surface area contributed by atoms with Gasteiger partial charge < -0.3 is 20.0 Å². The maximum atomic E-state index is 5.97. The molecule has 0 aliphatic carbocycles. The molecular weight excluding hydrogens is 440 g/mol. The van der Waals surface area contributed by atoms with Crippen LogP contribution in [-0.2, 0) is 6.54 Å². The van der Waals surface area contributed by atoms with E-state index in [0.29, 0.717) is 11.7 Å². The number of aromatic amines is 2. The molecule has 3 N–H and O–H groups in total. The van der Waals surface area contributed by atoms with E-state index in [0.717, 1.165) is 44.9 Å². The largest absolute Gasteiger partial charge is 0.489 e. The molecule has 0 atom stereocenters. The molecule has 1 aliphatic rings. The fourth-order valence-corrected chi connectivity index (χ4v) is 3.72. The van der Waals surface area contributed by atoms with Gasteiger partial charge in [-0.15, -0.1) is 0 Å². The van der Waals surface area contributed by atoms with Crippen molar-refractivity contribution < 1.29 is 4.74 Å². The Hall–Kier alpha value is -3.98. The summed E-state index contributed by atoms with van der Waals surface area (Å²) in [4.78, 5) is 26.7. The molecule has 0 amide bonds. The van der Waals surface area contributed by atoms with Crippen molar-refractivity contribution in [3.8, 4) is 5.75 Å². The summed E-state index contributed by atoms with van der Waals surface area (Å²) in [5.74, 6) is 1.56. The number of hydrogen-bond acceptors (Lipinski definition) is 7. The summed E-state index contributed by atoms with van der Waals surface area (Å²) in [5, 5.41) is 5.68. The molecule has 5 aromatic rings. The highest BCUT2D eigenvalue weighted by Gasteiger charge is 2.15. The lowest BCUT2D eigenvalue weighted by Crippen LogP contribution is -2.08. The molecule has 0 fully saturated rings. The van der Waals surface area contributed by atoms with Gasteiger partial charge >= 0.3 is 0 Å². The summed E-state index contributed by atoms with van der Waals surface area (Å²) in [5.41, 5.74) is 4.76. The molecule has 0 saturated heterocycles. The zero-order valence-electron chi connectivity index (χ0n) is 18.0. The maximum Gasteiger partial charge on any atom is 0.143 e. The first kappa shape index (κ1) is 20.9. The molecule has 0 bridgehead atoms. The van der Waals surface area contributed by atoms with Crippen molar-refractivity contribution >= 4 is 51.4 Å².